The fraction of sp³-hybridized carbons (Fsp3) is 0.778. The van der Waals surface area contributed by atoms with E-state index in [1.54, 1.807) is 13.8 Å². The molecule has 1 aliphatic rings. The van der Waals surface area contributed by atoms with Crippen molar-refractivity contribution in [2.45, 2.75) is 58.8 Å². The molecule has 0 radical (unpaired) electrons. The Bertz CT molecular complexity index is 913. The number of imide groups is 1. The van der Waals surface area contributed by atoms with Crippen molar-refractivity contribution < 1.29 is 57.6 Å². The summed E-state index contributed by atoms with van der Waals surface area (Å²) in [5.74, 6) is -2.55. The molecule has 0 aliphatic carbocycles. The number of carbonyl (C=O) groups excluding carboxylic acids is 6. The van der Waals surface area contributed by atoms with Crippen LogP contribution in [0, 0.1) is 11.8 Å². The van der Waals surface area contributed by atoms with Gasteiger partial charge in [0.2, 0.25) is 29.5 Å². The van der Waals surface area contributed by atoms with Crippen LogP contribution in [0.25, 0.3) is 0 Å². The summed E-state index contributed by atoms with van der Waals surface area (Å²) in [6, 6.07) is 0. The molecule has 4 unspecified atom stereocenters. The third-order valence-corrected chi connectivity index (χ3v) is 6.62. The van der Waals surface area contributed by atoms with Gasteiger partial charge in [-0.3, -0.25) is 39.7 Å². The average Bonchev–Trinajstić information content (AvgIpc) is 3.19. The molecule has 0 aromatic carbocycles. The molecule has 1 heterocycles. The van der Waals surface area contributed by atoms with Crippen molar-refractivity contribution in [3.8, 4) is 0 Å². The summed E-state index contributed by atoms with van der Waals surface area (Å²) in [4.78, 5) is 72.6. The molecule has 4 atom stereocenters. The van der Waals surface area contributed by atoms with Crippen LogP contribution in [0.5, 0.6) is 0 Å². The number of carbonyl (C=O) groups is 6. The van der Waals surface area contributed by atoms with Crippen LogP contribution in [0.15, 0.2) is 0 Å². The van der Waals surface area contributed by atoms with Crippen molar-refractivity contribution in [2.24, 2.45) is 11.8 Å². The van der Waals surface area contributed by atoms with Gasteiger partial charge in [0.1, 0.15) is 6.61 Å². The maximum absolute atomic E-state index is 12.0. The molecule has 5 N–H and O–H groups in total. The highest BCUT2D eigenvalue weighted by atomic mass is 16.7. The molecule has 0 spiro atoms. The van der Waals surface area contributed by atoms with E-state index in [1.807, 2.05) is 6.92 Å². The van der Waals surface area contributed by atoms with Crippen LogP contribution in [0.2, 0.25) is 0 Å². The minimum absolute atomic E-state index is 0.0155. The number of ether oxygens (including phenoxy) is 5. The molecular weight excluding hydrogens is 586 g/mol. The number of amides is 6. The highest BCUT2D eigenvalue weighted by Gasteiger charge is 2.41. The molecule has 17 nitrogen and oxygen atoms in total. The van der Waals surface area contributed by atoms with E-state index >= 15 is 0 Å². The Morgan fingerprint density at radius 3 is 2.05 bits per heavy atom. The first-order valence-electron chi connectivity index (χ1n) is 14.6. The Balaban J connectivity index is 1.98. The lowest BCUT2D eigenvalue weighted by Gasteiger charge is -2.21. The zero-order chi connectivity index (χ0) is 32.9. The minimum atomic E-state index is -0.846. The van der Waals surface area contributed by atoms with E-state index in [9.17, 15) is 28.8 Å². The maximum atomic E-state index is 12.0. The van der Waals surface area contributed by atoms with Crippen molar-refractivity contribution in [3.63, 3.8) is 0 Å². The van der Waals surface area contributed by atoms with Gasteiger partial charge in [0.05, 0.1) is 45.6 Å². The number of alkyl carbamates (subject to hydrolysis) is 1. The van der Waals surface area contributed by atoms with Crippen LogP contribution in [-0.2, 0) is 47.7 Å². The molecule has 6 amide bonds. The van der Waals surface area contributed by atoms with Crippen LogP contribution in [-0.4, -0.2) is 124 Å². The molecule has 0 bridgehead atoms. The molecule has 1 fully saturated rings. The van der Waals surface area contributed by atoms with E-state index in [-0.39, 0.29) is 108 Å². The topological polar surface area (TPSA) is 220 Å². The largest absolute Gasteiger partial charge is 0.444 e. The Morgan fingerprint density at radius 2 is 1.45 bits per heavy atom. The zero-order valence-corrected chi connectivity index (χ0v) is 25.9. The van der Waals surface area contributed by atoms with Gasteiger partial charge in [-0.25, -0.2) is 4.79 Å². The molecule has 1 aliphatic heterocycles. The first kappa shape index (κ1) is 38.6. The van der Waals surface area contributed by atoms with Crippen LogP contribution in [0.4, 0.5) is 4.79 Å². The van der Waals surface area contributed by atoms with E-state index in [0.29, 0.717) is 6.42 Å². The second kappa shape index (κ2) is 22.2. The van der Waals surface area contributed by atoms with E-state index in [4.69, 9.17) is 28.8 Å². The number of methoxy groups -OCH3 is 1. The maximum Gasteiger partial charge on any atom is 0.407 e. The van der Waals surface area contributed by atoms with Crippen LogP contribution in [0.3, 0.4) is 0 Å². The fourth-order valence-electron chi connectivity index (χ4n) is 3.68. The van der Waals surface area contributed by atoms with Gasteiger partial charge < -0.3 is 39.4 Å². The smallest absolute Gasteiger partial charge is 0.407 e. The Kier molecular flexibility index (Phi) is 19.5. The van der Waals surface area contributed by atoms with Crippen LogP contribution in [0.1, 0.15) is 46.5 Å². The van der Waals surface area contributed by atoms with Crippen molar-refractivity contribution in [1.29, 1.82) is 0 Å². The van der Waals surface area contributed by atoms with Gasteiger partial charge in [-0.2, -0.15) is 0 Å². The summed E-state index contributed by atoms with van der Waals surface area (Å²) in [5.41, 5.74) is 4.46. The predicted molar refractivity (Wildman–Crippen MR) is 152 cm³/mol. The van der Waals surface area contributed by atoms with Crippen LogP contribution < -0.4 is 21.5 Å². The van der Waals surface area contributed by atoms with Crippen molar-refractivity contribution in [2.75, 3.05) is 66.4 Å². The van der Waals surface area contributed by atoms with Crippen molar-refractivity contribution in [1.82, 2.24) is 26.4 Å². The lowest BCUT2D eigenvalue weighted by atomic mass is 10.00. The van der Waals surface area contributed by atoms with Crippen molar-refractivity contribution in [3.05, 3.63) is 0 Å². The molecule has 1 saturated heterocycles. The fourth-order valence-corrected chi connectivity index (χ4v) is 3.68. The molecule has 0 saturated carbocycles. The number of hydrogen-bond donors (Lipinski definition) is 5. The number of hydrogen-bond acceptors (Lipinski definition) is 12. The number of nitrogens with zero attached hydrogens (tertiary/aromatic N) is 1. The number of aliphatic hydroxyl groups excluding tert-OH is 1. The van der Waals surface area contributed by atoms with E-state index < -0.39 is 30.3 Å². The monoisotopic (exact) mass is 633 g/mol. The third-order valence-electron chi connectivity index (χ3n) is 6.62. The van der Waals surface area contributed by atoms with Gasteiger partial charge in [0, 0.05) is 51.4 Å². The lowest BCUT2D eigenvalue weighted by molar-refractivity contribution is -0.181. The first-order valence-corrected chi connectivity index (χ1v) is 14.6. The molecule has 0 aromatic heterocycles. The Hall–Kier alpha value is -3.38. The summed E-state index contributed by atoms with van der Waals surface area (Å²) in [6.07, 6.45) is -1.64. The second-order valence-electron chi connectivity index (χ2n) is 9.87. The Morgan fingerprint density at radius 1 is 0.841 bits per heavy atom. The van der Waals surface area contributed by atoms with E-state index in [2.05, 4.69) is 21.5 Å². The van der Waals surface area contributed by atoms with Crippen molar-refractivity contribution >= 4 is 35.6 Å². The van der Waals surface area contributed by atoms with Gasteiger partial charge in [0.25, 0.3) is 0 Å². The summed E-state index contributed by atoms with van der Waals surface area (Å²) >= 11 is 0. The number of aliphatic hydroxyl groups is 1. The van der Waals surface area contributed by atoms with Gasteiger partial charge in [-0.05, 0) is 6.42 Å². The number of rotatable bonds is 22. The first-order chi connectivity index (χ1) is 21.0. The van der Waals surface area contributed by atoms with Crippen LogP contribution >= 0.6 is 0 Å². The molecule has 0 aromatic rings. The highest BCUT2D eigenvalue weighted by molar-refractivity contribution is 6.04. The molecular formula is C27H47N5O12. The van der Waals surface area contributed by atoms with Gasteiger partial charge in [-0.15, -0.1) is 0 Å². The quantitative estimate of drug-likeness (QED) is 0.0401. The summed E-state index contributed by atoms with van der Waals surface area (Å²) in [6.45, 7) is 5.85. The molecule has 44 heavy (non-hydrogen) atoms. The highest BCUT2D eigenvalue weighted by Crippen LogP contribution is 2.25. The predicted octanol–water partition coefficient (Wildman–Crippen LogP) is -1.42. The minimum Gasteiger partial charge on any atom is -0.444 e. The van der Waals surface area contributed by atoms with Gasteiger partial charge in [0.15, 0.2) is 6.29 Å². The molecule has 17 heteroatoms. The summed E-state index contributed by atoms with van der Waals surface area (Å²) in [7, 11) is 1.37. The lowest BCUT2D eigenvalue weighted by Crippen LogP contribution is -2.43. The summed E-state index contributed by atoms with van der Waals surface area (Å²) < 4.78 is 26.1. The number of nitrogens with one attached hydrogen (secondary N) is 4. The third kappa shape index (κ3) is 15.4. The summed E-state index contributed by atoms with van der Waals surface area (Å²) in [5, 5.41) is 14.2. The normalized spacial score (nSPS) is 17.6. The van der Waals surface area contributed by atoms with E-state index in [0.717, 1.165) is 4.90 Å². The zero-order valence-electron chi connectivity index (χ0n) is 25.9. The SMILES string of the molecule is CCC(CO)OC(COC(=O)NCCC(=O)NNC(=O)CCOCCOCCNC(=O)CCN1C(=O)C(C)C(C)C1=O)OC. The molecule has 1 rings (SSSR count). The standard InChI is InChI=1S/C27H47N5O12/c1-5-20(16-33)44-24(40-4)17-43-27(39)29-9-6-22(35)30-31-23(36)8-12-41-14-15-42-13-10-28-21(34)7-11-32-25(37)18(2)19(3)26(32)38/h18-20,24,33H,5-17H2,1-4H3,(H,28,34)(H,29,39)(H,30,35)(H,31,36). The van der Waals surface area contributed by atoms with Gasteiger partial charge in [-0.1, -0.05) is 20.8 Å². The average molecular weight is 634 g/mol. The number of hydrazine groups is 1. The van der Waals surface area contributed by atoms with Gasteiger partial charge >= 0.3 is 6.09 Å². The number of likely N-dealkylation sites (tertiary alicyclic amines) is 1. The molecule has 252 valence electrons. The Labute approximate surface area is 256 Å². The second-order valence-corrected chi connectivity index (χ2v) is 9.87. The van der Waals surface area contributed by atoms with E-state index in [1.165, 1.54) is 7.11 Å².